The van der Waals surface area contributed by atoms with E-state index in [4.69, 9.17) is 11.0 Å². The second kappa shape index (κ2) is 7.84. The first-order valence-corrected chi connectivity index (χ1v) is 10.2. The Morgan fingerprint density at radius 3 is 2.76 bits per heavy atom. The maximum absolute atomic E-state index is 14.7. The van der Waals surface area contributed by atoms with E-state index in [2.05, 4.69) is 9.98 Å². The predicted molar refractivity (Wildman–Crippen MR) is 111 cm³/mol. The third-order valence-corrected chi connectivity index (χ3v) is 6.86. The van der Waals surface area contributed by atoms with Gasteiger partial charge in [-0.3, -0.25) is 14.2 Å². The third-order valence-electron chi connectivity index (χ3n) is 4.90. The number of aryl methyl sites for hydroxylation is 1. The fourth-order valence-electron chi connectivity index (χ4n) is 3.00. The second-order valence-electron chi connectivity index (χ2n) is 7.33. The molecule has 1 aromatic heterocycles. The molecule has 0 spiro atoms. The summed E-state index contributed by atoms with van der Waals surface area (Å²) in [4.78, 5) is 8.32. The van der Waals surface area contributed by atoms with Gasteiger partial charge in [0, 0.05) is 22.6 Å². The van der Waals surface area contributed by atoms with Crippen LogP contribution < -0.4 is 5.73 Å². The Bertz CT molecular complexity index is 1100. The summed E-state index contributed by atoms with van der Waals surface area (Å²) in [6.45, 7) is 5.12. The Labute approximate surface area is 170 Å². The van der Waals surface area contributed by atoms with Gasteiger partial charge in [0.1, 0.15) is 29.2 Å². The molecule has 3 rings (SSSR count). The second-order valence-corrected chi connectivity index (χ2v) is 9.37. The molecule has 2 heterocycles. The zero-order valence-corrected chi connectivity index (χ0v) is 17.1. The SMILES string of the molecule is Cc1cc(C#N)cnc1/C(F)=C/c1ccc(F)c(C2CS(=O)C(C)(C)C(N)=N2)c1. The minimum Gasteiger partial charge on any atom is -0.386 e. The van der Waals surface area contributed by atoms with Crippen LogP contribution in [0.2, 0.25) is 0 Å². The average molecular weight is 414 g/mol. The normalized spacial score (nSPS) is 21.4. The number of benzene rings is 1. The van der Waals surface area contributed by atoms with E-state index in [9.17, 15) is 13.0 Å². The number of pyridine rings is 1. The van der Waals surface area contributed by atoms with E-state index in [1.165, 1.54) is 30.5 Å². The summed E-state index contributed by atoms with van der Waals surface area (Å²) in [5.74, 6) is -0.790. The first-order chi connectivity index (χ1) is 13.6. The summed E-state index contributed by atoms with van der Waals surface area (Å²) >= 11 is 0. The fourth-order valence-corrected chi connectivity index (χ4v) is 4.24. The van der Waals surface area contributed by atoms with Gasteiger partial charge in [0.2, 0.25) is 0 Å². The van der Waals surface area contributed by atoms with E-state index in [1.807, 2.05) is 6.07 Å². The molecule has 5 nitrogen and oxygen atoms in total. The Hall–Kier alpha value is -2.92. The van der Waals surface area contributed by atoms with E-state index in [0.717, 1.165) is 0 Å². The molecule has 2 unspecified atom stereocenters. The average Bonchev–Trinajstić information content (AvgIpc) is 2.67. The Balaban J connectivity index is 1.98. The van der Waals surface area contributed by atoms with Crippen molar-refractivity contribution >= 4 is 28.5 Å². The molecule has 0 saturated heterocycles. The lowest BCUT2D eigenvalue weighted by Gasteiger charge is -2.31. The lowest BCUT2D eigenvalue weighted by atomic mass is 10.0. The Kier molecular flexibility index (Phi) is 5.62. The number of nitrogens with zero attached hydrogens (tertiary/aromatic N) is 3. The molecule has 0 bridgehead atoms. The molecule has 1 aromatic carbocycles. The molecule has 0 amide bonds. The zero-order valence-electron chi connectivity index (χ0n) is 16.2. The summed E-state index contributed by atoms with van der Waals surface area (Å²) in [6, 6.07) is 6.94. The molecular formula is C21H20F2N4OS. The van der Waals surface area contributed by atoms with Gasteiger partial charge in [-0.25, -0.2) is 8.78 Å². The van der Waals surface area contributed by atoms with Gasteiger partial charge in [-0.15, -0.1) is 0 Å². The highest BCUT2D eigenvalue weighted by atomic mass is 32.2. The van der Waals surface area contributed by atoms with E-state index in [0.29, 0.717) is 16.7 Å². The summed E-state index contributed by atoms with van der Waals surface area (Å²) in [5.41, 5.74) is 7.53. The van der Waals surface area contributed by atoms with Crippen LogP contribution in [-0.4, -0.2) is 25.5 Å². The van der Waals surface area contributed by atoms with Crippen molar-refractivity contribution in [2.24, 2.45) is 10.7 Å². The van der Waals surface area contributed by atoms with Crippen molar-refractivity contribution in [3.8, 4) is 6.07 Å². The number of nitriles is 1. The number of hydrogen-bond donors (Lipinski definition) is 1. The zero-order chi connectivity index (χ0) is 21.3. The molecule has 1 aliphatic heterocycles. The smallest absolute Gasteiger partial charge is 0.149 e. The topological polar surface area (TPSA) is 92.1 Å². The molecule has 0 aliphatic carbocycles. The van der Waals surface area contributed by atoms with Crippen molar-refractivity contribution in [1.29, 1.82) is 5.26 Å². The maximum atomic E-state index is 14.7. The molecule has 0 radical (unpaired) electrons. The molecule has 29 heavy (non-hydrogen) atoms. The summed E-state index contributed by atoms with van der Waals surface area (Å²) < 4.78 is 40.9. The first-order valence-electron chi connectivity index (χ1n) is 8.89. The third kappa shape index (κ3) is 4.10. The monoisotopic (exact) mass is 414 g/mol. The predicted octanol–water partition coefficient (Wildman–Crippen LogP) is 3.81. The number of aromatic nitrogens is 1. The summed E-state index contributed by atoms with van der Waals surface area (Å²) in [7, 11) is -1.32. The number of rotatable bonds is 3. The van der Waals surface area contributed by atoms with Crippen LogP contribution in [0.1, 0.15) is 47.8 Å². The van der Waals surface area contributed by atoms with Gasteiger partial charge >= 0.3 is 0 Å². The van der Waals surface area contributed by atoms with Crippen molar-refractivity contribution in [2.75, 3.05) is 5.75 Å². The van der Waals surface area contributed by atoms with E-state index in [1.54, 1.807) is 26.8 Å². The highest BCUT2D eigenvalue weighted by molar-refractivity contribution is 7.87. The van der Waals surface area contributed by atoms with E-state index in [-0.39, 0.29) is 22.8 Å². The van der Waals surface area contributed by atoms with Gasteiger partial charge in [0.15, 0.2) is 0 Å². The van der Waals surface area contributed by atoms with Crippen LogP contribution in [0.15, 0.2) is 35.5 Å². The summed E-state index contributed by atoms with van der Waals surface area (Å²) in [5, 5.41) is 8.90. The van der Waals surface area contributed by atoms with Crippen molar-refractivity contribution < 1.29 is 13.0 Å². The van der Waals surface area contributed by atoms with Gasteiger partial charge < -0.3 is 5.73 Å². The first kappa shape index (κ1) is 20.8. The molecule has 2 atom stereocenters. The van der Waals surface area contributed by atoms with Gasteiger partial charge in [-0.05, 0) is 56.2 Å². The van der Waals surface area contributed by atoms with Gasteiger partial charge in [0.05, 0.1) is 22.1 Å². The van der Waals surface area contributed by atoms with Crippen molar-refractivity contribution in [2.45, 2.75) is 31.6 Å². The molecule has 1 aliphatic rings. The molecule has 2 N–H and O–H groups in total. The van der Waals surface area contributed by atoms with E-state index < -0.39 is 33.2 Å². The number of halogens is 2. The van der Waals surface area contributed by atoms with Crippen molar-refractivity contribution in [3.63, 3.8) is 0 Å². The Morgan fingerprint density at radius 2 is 2.14 bits per heavy atom. The lowest BCUT2D eigenvalue weighted by Crippen LogP contribution is -2.47. The molecule has 0 fully saturated rings. The van der Waals surface area contributed by atoms with Crippen LogP contribution in [0.4, 0.5) is 8.78 Å². The molecule has 0 saturated carbocycles. The van der Waals surface area contributed by atoms with Crippen molar-refractivity contribution in [3.05, 3.63) is 64.2 Å². The molecule has 150 valence electrons. The maximum Gasteiger partial charge on any atom is 0.149 e. The van der Waals surface area contributed by atoms with Crippen LogP contribution in [0.5, 0.6) is 0 Å². The van der Waals surface area contributed by atoms with Crippen LogP contribution in [-0.2, 0) is 10.8 Å². The number of amidine groups is 1. The minimum absolute atomic E-state index is 0.109. The Morgan fingerprint density at radius 1 is 1.41 bits per heavy atom. The highest BCUT2D eigenvalue weighted by Gasteiger charge is 2.37. The quantitative estimate of drug-likeness (QED) is 0.827. The lowest BCUT2D eigenvalue weighted by molar-refractivity contribution is 0.587. The van der Waals surface area contributed by atoms with Crippen LogP contribution in [0.3, 0.4) is 0 Å². The standard InChI is InChI=1S/C21H20F2N4OS/c1-12-6-14(9-24)10-26-19(12)17(23)8-13-4-5-16(22)15(7-13)18-11-29(28)21(2,3)20(25)27-18/h4-8,10,18H,11H2,1-3H3,(H2,25,27)/b17-8-. The van der Waals surface area contributed by atoms with Crippen LogP contribution in [0.25, 0.3) is 11.9 Å². The van der Waals surface area contributed by atoms with Gasteiger partial charge in [0.25, 0.3) is 0 Å². The molecular weight excluding hydrogens is 394 g/mol. The largest absolute Gasteiger partial charge is 0.386 e. The van der Waals surface area contributed by atoms with Crippen molar-refractivity contribution in [1.82, 2.24) is 4.98 Å². The van der Waals surface area contributed by atoms with Crippen LogP contribution >= 0.6 is 0 Å². The number of nitrogens with two attached hydrogens (primary N) is 1. The fraction of sp³-hybridized carbons (Fsp3) is 0.286. The van der Waals surface area contributed by atoms with Crippen LogP contribution in [0, 0.1) is 24.1 Å². The summed E-state index contributed by atoms with van der Waals surface area (Å²) in [6.07, 6.45) is 2.53. The highest BCUT2D eigenvalue weighted by Crippen LogP contribution is 2.32. The number of hydrogen-bond acceptors (Lipinski definition) is 5. The van der Waals surface area contributed by atoms with E-state index >= 15 is 0 Å². The molecule has 8 heteroatoms. The number of aliphatic imine (C=N–C) groups is 1. The molecule has 2 aromatic rings. The van der Waals surface area contributed by atoms with Gasteiger partial charge in [-0.2, -0.15) is 5.26 Å². The van der Waals surface area contributed by atoms with Gasteiger partial charge in [-0.1, -0.05) is 6.07 Å². The minimum atomic E-state index is -1.32.